The number of aryl methyl sites for hydroxylation is 2. The molecule has 2 unspecified atom stereocenters. The minimum atomic E-state index is -0.0118. The maximum atomic E-state index is 12.6. The summed E-state index contributed by atoms with van der Waals surface area (Å²) in [6, 6.07) is 6.49. The Kier molecular flexibility index (Phi) is 5.40. The molecular formula is C18H28N2O. The number of hydrogen-bond acceptors (Lipinski definition) is 2. The van der Waals surface area contributed by atoms with Crippen LogP contribution in [0.5, 0.6) is 0 Å². The zero-order valence-electron chi connectivity index (χ0n) is 13.8. The first-order valence-corrected chi connectivity index (χ1v) is 8.22. The predicted molar refractivity (Wildman–Crippen MR) is 87.1 cm³/mol. The molecule has 1 N–H and O–H groups in total. The molecule has 1 saturated heterocycles. The van der Waals surface area contributed by atoms with Gasteiger partial charge >= 0.3 is 0 Å². The number of nitrogens with one attached hydrogen (secondary N) is 1. The Balaban J connectivity index is 2.25. The van der Waals surface area contributed by atoms with Gasteiger partial charge in [0.15, 0.2) is 0 Å². The number of unbranched alkanes of at least 4 members (excludes halogenated alkanes) is 1. The number of nitrogens with zero attached hydrogens (tertiary/aromatic N) is 1. The first-order valence-electron chi connectivity index (χ1n) is 8.22. The lowest BCUT2D eigenvalue weighted by Gasteiger charge is -2.25. The van der Waals surface area contributed by atoms with Crippen LogP contribution in [0.3, 0.4) is 0 Å². The number of hydrogen-bond donors (Lipinski definition) is 1. The van der Waals surface area contributed by atoms with Crippen molar-refractivity contribution in [2.75, 3.05) is 6.54 Å². The van der Waals surface area contributed by atoms with E-state index in [0.717, 1.165) is 32.2 Å². The van der Waals surface area contributed by atoms with E-state index in [1.54, 1.807) is 0 Å². The zero-order valence-corrected chi connectivity index (χ0v) is 13.8. The normalized spacial score (nSPS) is 22.1. The molecule has 2 atom stereocenters. The second kappa shape index (κ2) is 7.08. The summed E-state index contributed by atoms with van der Waals surface area (Å²) in [7, 11) is 0. The maximum absolute atomic E-state index is 12.6. The monoisotopic (exact) mass is 288 g/mol. The second-order valence-electron chi connectivity index (χ2n) is 6.16. The van der Waals surface area contributed by atoms with E-state index in [-0.39, 0.29) is 18.1 Å². The molecule has 3 heteroatoms. The third-order valence-electron chi connectivity index (χ3n) is 4.28. The van der Waals surface area contributed by atoms with Crippen LogP contribution in [0.25, 0.3) is 0 Å². The number of carbonyl (C=O) groups is 1. The minimum absolute atomic E-state index is 0.0118. The maximum Gasteiger partial charge on any atom is 0.241 e. The molecule has 0 radical (unpaired) electrons. The molecule has 1 heterocycles. The highest BCUT2D eigenvalue weighted by Crippen LogP contribution is 2.29. The highest BCUT2D eigenvalue weighted by atomic mass is 16.2. The molecule has 1 fully saturated rings. The lowest BCUT2D eigenvalue weighted by molar-refractivity contribution is -0.130. The van der Waals surface area contributed by atoms with Crippen molar-refractivity contribution in [3.8, 4) is 0 Å². The van der Waals surface area contributed by atoms with Gasteiger partial charge in [-0.15, -0.1) is 0 Å². The summed E-state index contributed by atoms with van der Waals surface area (Å²) in [5, 5.41) is 3.56. The molecule has 2 rings (SSSR count). The summed E-state index contributed by atoms with van der Waals surface area (Å²) in [5.74, 6) is 0.273. The van der Waals surface area contributed by atoms with E-state index < -0.39 is 0 Å². The molecule has 0 aliphatic carbocycles. The summed E-state index contributed by atoms with van der Waals surface area (Å²) < 4.78 is 0. The van der Waals surface area contributed by atoms with Crippen molar-refractivity contribution in [3.63, 3.8) is 0 Å². The van der Waals surface area contributed by atoms with E-state index in [1.165, 1.54) is 16.7 Å². The van der Waals surface area contributed by atoms with Gasteiger partial charge < -0.3 is 4.90 Å². The van der Waals surface area contributed by atoms with E-state index in [4.69, 9.17) is 0 Å². The highest BCUT2D eigenvalue weighted by Gasteiger charge is 2.38. The van der Waals surface area contributed by atoms with Crippen LogP contribution in [0.4, 0.5) is 0 Å². The lowest BCUT2D eigenvalue weighted by atomic mass is 10.0. The molecular weight excluding hydrogens is 260 g/mol. The van der Waals surface area contributed by atoms with Crippen molar-refractivity contribution in [3.05, 3.63) is 34.9 Å². The van der Waals surface area contributed by atoms with Crippen LogP contribution in [0.15, 0.2) is 18.2 Å². The molecule has 1 aliphatic rings. The Morgan fingerprint density at radius 3 is 2.57 bits per heavy atom. The molecule has 0 bridgehead atoms. The van der Waals surface area contributed by atoms with Crippen LogP contribution in [0.1, 0.15) is 62.4 Å². The standard InChI is InChI=1S/C18H28N2O/c1-5-7-8-16-18(21)20(11-6-2)17(19-16)15-10-9-13(3)12-14(15)4/h9-10,12,16-17,19H,5-8,11H2,1-4H3. The fraction of sp³-hybridized carbons (Fsp3) is 0.611. The van der Waals surface area contributed by atoms with Crippen LogP contribution in [-0.2, 0) is 4.79 Å². The smallest absolute Gasteiger partial charge is 0.241 e. The number of amides is 1. The van der Waals surface area contributed by atoms with Crippen LogP contribution in [-0.4, -0.2) is 23.4 Å². The molecule has 3 nitrogen and oxygen atoms in total. The fourth-order valence-corrected chi connectivity index (χ4v) is 3.16. The van der Waals surface area contributed by atoms with Crippen molar-refractivity contribution in [2.24, 2.45) is 0 Å². The van der Waals surface area contributed by atoms with E-state index in [1.807, 2.05) is 4.90 Å². The quantitative estimate of drug-likeness (QED) is 0.865. The number of carbonyl (C=O) groups excluding carboxylic acids is 1. The lowest BCUT2D eigenvalue weighted by Crippen LogP contribution is -2.32. The molecule has 0 saturated carbocycles. The fourth-order valence-electron chi connectivity index (χ4n) is 3.16. The van der Waals surface area contributed by atoms with Gasteiger partial charge in [0.05, 0.1) is 6.04 Å². The van der Waals surface area contributed by atoms with Gasteiger partial charge in [0, 0.05) is 6.54 Å². The Hall–Kier alpha value is -1.35. The molecule has 1 amide bonds. The van der Waals surface area contributed by atoms with Crippen molar-refractivity contribution in [1.29, 1.82) is 0 Å². The van der Waals surface area contributed by atoms with Gasteiger partial charge in [-0.05, 0) is 37.8 Å². The Morgan fingerprint density at radius 1 is 1.19 bits per heavy atom. The van der Waals surface area contributed by atoms with Crippen molar-refractivity contribution in [1.82, 2.24) is 10.2 Å². The first-order chi connectivity index (χ1) is 10.1. The van der Waals surface area contributed by atoms with Gasteiger partial charge in [-0.3, -0.25) is 10.1 Å². The predicted octanol–water partition coefficient (Wildman–Crippen LogP) is 3.70. The van der Waals surface area contributed by atoms with E-state index in [9.17, 15) is 4.79 Å². The SMILES string of the molecule is CCCCC1NC(c2ccc(C)cc2C)N(CCC)C1=O. The van der Waals surface area contributed by atoms with E-state index in [2.05, 4.69) is 51.2 Å². The number of benzene rings is 1. The second-order valence-corrected chi connectivity index (χ2v) is 6.16. The average Bonchev–Trinajstić information content (AvgIpc) is 2.74. The molecule has 1 aliphatic heterocycles. The molecule has 1 aromatic carbocycles. The zero-order chi connectivity index (χ0) is 15.4. The van der Waals surface area contributed by atoms with Gasteiger partial charge in [0.2, 0.25) is 5.91 Å². The molecule has 1 aromatic rings. The Bertz CT molecular complexity index is 498. The minimum Gasteiger partial charge on any atom is -0.322 e. The van der Waals surface area contributed by atoms with Crippen molar-refractivity contribution in [2.45, 2.75) is 65.6 Å². The summed E-state index contributed by atoms with van der Waals surface area (Å²) in [4.78, 5) is 14.7. The summed E-state index contributed by atoms with van der Waals surface area (Å²) in [6.07, 6.45) is 4.21. The van der Waals surface area contributed by atoms with Crippen LogP contribution < -0.4 is 5.32 Å². The highest BCUT2D eigenvalue weighted by molar-refractivity contribution is 5.84. The summed E-state index contributed by atoms with van der Waals surface area (Å²) in [6.45, 7) is 9.37. The van der Waals surface area contributed by atoms with Crippen LogP contribution >= 0.6 is 0 Å². The third kappa shape index (κ3) is 3.46. The van der Waals surface area contributed by atoms with Crippen LogP contribution in [0.2, 0.25) is 0 Å². The molecule has 0 aromatic heterocycles. The van der Waals surface area contributed by atoms with Crippen LogP contribution in [0, 0.1) is 13.8 Å². The van der Waals surface area contributed by atoms with Gasteiger partial charge in [0.25, 0.3) is 0 Å². The van der Waals surface area contributed by atoms with Gasteiger partial charge in [-0.1, -0.05) is 50.5 Å². The van der Waals surface area contributed by atoms with Crippen molar-refractivity contribution >= 4 is 5.91 Å². The largest absolute Gasteiger partial charge is 0.322 e. The van der Waals surface area contributed by atoms with Gasteiger partial charge in [0.1, 0.15) is 6.17 Å². The van der Waals surface area contributed by atoms with Gasteiger partial charge in [-0.25, -0.2) is 0 Å². The molecule has 0 spiro atoms. The van der Waals surface area contributed by atoms with E-state index >= 15 is 0 Å². The first kappa shape index (κ1) is 16.0. The third-order valence-corrected chi connectivity index (χ3v) is 4.28. The average molecular weight is 288 g/mol. The number of rotatable bonds is 6. The molecule has 116 valence electrons. The Labute approximate surface area is 128 Å². The molecule has 21 heavy (non-hydrogen) atoms. The van der Waals surface area contributed by atoms with E-state index in [0.29, 0.717) is 0 Å². The topological polar surface area (TPSA) is 32.3 Å². The summed E-state index contributed by atoms with van der Waals surface area (Å²) >= 11 is 0. The van der Waals surface area contributed by atoms with Gasteiger partial charge in [-0.2, -0.15) is 0 Å². The van der Waals surface area contributed by atoms with Crippen molar-refractivity contribution < 1.29 is 4.79 Å². The Morgan fingerprint density at radius 2 is 1.95 bits per heavy atom. The summed E-state index contributed by atoms with van der Waals surface area (Å²) in [5.41, 5.74) is 3.77.